The molecule has 2 aromatic heterocycles. The van der Waals surface area contributed by atoms with Crippen LogP contribution in [-0.2, 0) is 6.18 Å². The summed E-state index contributed by atoms with van der Waals surface area (Å²) in [6, 6.07) is 1.03. The van der Waals surface area contributed by atoms with Gasteiger partial charge in [-0.1, -0.05) is 13.8 Å². The Hall–Kier alpha value is -1.04. The van der Waals surface area contributed by atoms with Crippen molar-refractivity contribution in [2.24, 2.45) is 0 Å². The molecule has 0 radical (unpaired) electrons. The fraction of sp³-hybridized carbons (Fsp3) is 0.364. The van der Waals surface area contributed by atoms with E-state index in [1.54, 1.807) is 19.3 Å². The Bertz CT molecular complexity index is 517. The summed E-state index contributed by atoms with van der Waals surface area (Å²) in [7, 11) is 0. The maximum Gasteiger partial charge on any atom is 0.420 e. The van der Waals surface area contributed by atoms with E-state index in [4.69, 9.17) is 0 Å². The van der Waals surface area contributed by atoms with Crippen LogP contribution < -0.4 is 0 Å². The van der Waals surface area contributed by atoms with Crippen LogP contribution in [0.15, 0.2) is 22.9 Å². The van der Waals surface area contributed by atoms with Crippen LogP contribution >= 0.6 is 15.9 Å². The number of hydrogen-bond donors (Lipinski definition) is 0. The highest BCUT2D eigenvalue weighted by Gasteiger charge is 2.34. The number of rotatable bonds is 0. The molecule has 0 fully saturated rings. The zero-order valence-corrected chi connectivity index (χ0v) is 11.2. The van der Waals surface area contributed by atoms with E-state index in [0.717, 1.165) is 6.07 Å². The number of imidazole rings is 1. The van der Waals surface area contributed by atoms with Gasteiger partial charge in [-0.25, -0.2) is 4.98 Å². The number of aromatic nitrogens is 2. The van der Waals surface area contributed by atoms with Crippen molar-refractivity contribution in [1.29, 1.82) is 0 Å². The van der Waals surface area contributed by atoms with Gasteiger partial charge in [-0.15, -0.1) is 0 Å². The van der Waals surface area contributed by atoms with Gasteiger partial charge in [0.25, 0.3) is 0 Å². The second kappa shape index (κ2) is 5.08. The maximum absolute atomic E-state index is 12.6. The third kappa shape index (κ3) is 3.00. The number of halogens is 4. The predicted molar refractivity (Wildman–Crippen MR) is 64.0 cm³/mol. The molecule has 0 aliphatic rings. The zero-order chi connectivity index (χ0) is 13.2. The third-order valence-electron chi connectivity index (χ3n) is 1.94. The minimum absolute atomic E-state index is 0.0665. The summed E-state index contributed by atoms with van der Waals surface area (Å²) in [6.07, 6.45) is -1.29. The lowest BCUT2D eigenvalue weighted by molar-refractivity contribution is -0.136. The molecule has 0 bridgehead atoms. The average molecular weight is 309 g/mol. The molecule has 0 aromatic carbocycles. The lowest BCUT2D eigenvalue weighted by Gasteiger charge is -2.08. The second-order valence-electron chi connectivity index (χ2n) is 3.18. The molecule has 94 valence electrons. The molecule has 0 aliphatic carbocycles. The van der Waals surface area contributed by atoms with E-state index in [-0.39, 0.29) is 5.65 Å². The standard InChI is InChI=1S/C9H6BrF3N2.C2H6/c1-5-3-15-4-6(10)2-7(8(15)14-5)9(11,12)13;1-2/h2-4H,1H3;1-2H3. The molecular weight excluding hydrogens is 297 g/mol. The van der Waals surface area contributed by atoms with Gasteiger partial charge in [0.15, 0.2) is 0 Å². The summed E-state index contributed by atoms with van der Waals surface area (Å²) in [5.41, 5.74) is -0.244. The van der Waals surface area contributed by atoms with E-state index in [1.165, 1.54) is 4.40 Å². The van der Waals surface area contributed by atoms with E-state index in [2.05, 4.69) is 20.9 Å². The fourth-order valence-electron chi connectivity index (χ4n) is 1.39. The van der Waals surface area contributed by atoms with Crippen molar-refractivity contribution >= 4 is 21.6 Å². The molecule has 0 amide bonds. The zero-order valence-electron chi connectivity index (χ0n) is 9.64. The molecule has 17 heavy (non-hydrogen) atoms. The maximum atomic E-state index is 12.6. The van der Waals surface area contributed by atoms with Crippen molar-refractivity contribution in [3.63, 3.8) is 0 Å². The molecule has 0 saturated carbocycles. The first-order chi connectivity index (χ1) is 7.88. The highest BCUT2D eigenvalue weighted by atomic mass is 79.9. The molecule has 0 saturated heterocycles. The quantitative estimate of drug-likeness (QED) is 0.703. The topological polar surface area (TPSA) is 17.3 Å². The monoisotopic (exact) mass is 308 g/mol. The Morgan fingerprint density at radius 3 is 2.35 bits per heavy atom. The number of hydrogen-bond acceptors (Lipinski definition) is 1. The van der Waals surface area contributed by atoms with Crippen molar-refractivity contribution in [2.45, 2.75) is 26.9 Å². The number of alkyl halides is 3. The Labute approximate surface area is 106 Å². The fourth-order valence-corrected chi connectivity index (χ4v) is 1.84. The summed E-state index contributed by atoms with van der Waals surface area (Å²) in [5, 5.41) is 0. The van der Waals surface area contributed by atoms with Gasteiger partial charge in [-0.3, -0.25) is 0 Å². The van der Waals surface area contributed by atoms with E-state index in [1.807, 2.05) is 13.8 Å². The van der Waals surface area contributed by atoms with E-state index in [0.29, 0.717) is 10.2 Å². The highest BCUT2D eigenvalue weighted by Crippen LogP contribution is 2.33. The van der Waals surface area contributed by atoms with Gasteiger partial charge < -0.3 is 4.40 Å². The minimum atomic E-state index is -4.39. The molecular formula is C11H12BrF3N2. The van der Waals surface area contributed by atoms with Crippen LogP contribution in [0, 0.1) is 6.92 Å². The molecule has 0 unspecified atom stereocenters. The van der Waals surface area contributed by atoms with Gasteiger partial charge in [-0.2, -0.15) is 13.2 Å². The smallest absolute Gasteiger partial charge is 0.305 e. The van der Waals surface area contributed by atoms with Crippen LogP contribution in [0.3, 0.4) is 0 Å². The average Bonchev–Trinajstić information content (AvgIpc) is 2.58. The molecule has 6 heteroatoms. The van der Waals surface area contributed by atoms with Gasteiger partial charge >= 0.3 is 6.18 Å². The van der Waals surface area contributed by atoms with Crippen molar-refractivity contribution in [3.8, 4) is 0 Å². The van der Waals surface area contributed by atoms with Crippen LogP contribution in [0.2, 0.25) is 0 Å². The summed E-state index contributed by atoms with van der Waals surface area (Å²) >= 11 is 3.04. The molecule has 2 heterocycles. The van der Waals surface area contributed by atoms with Crippen LogP contribution in [0.25, 0.3) is 5.65 Å². The molecule has 0 N–H and O–H groups in total. The number of aryl methyl sites for hydroxylation is 1. The normalized spacial score (nSPS) is 11.2. The van der Waals surface area contributed by atoms with Gasteiger partial charge in [-0.05, 0) is 28.9 Å². The van der Waals surface area contributed by atoms with Gasteiger partial charge in [0.05, 0.1) is 11.3 Å². The first-order valence-corrected chi connectivity index (χ1v) is 5.89. The van der Waals surface area contributed by atoms with Gasteiger partial charge in [0.2, 0.25) is 0 Å². The molecule has 0 atom stereocenters. The first-order valence-electron chi connectivity index (χ1n) is 5.10. The predicted octanol–water partition coefficient (Wildman–Crippen LogP) is 4.45. The van der Waals surface area contributed by atoms with Gasteiger partial charge in [0, 0.05) is 16.9 Å². The molecule has 0 spiro atoms. The molecule has 2 rings (SSSR count). The van der Waals surface area contributed by atoms with Crippen LogP contribution in [0.4, 0.5) is 13.2 Å². The molecule has 2 nitrogen and oxygen atoms in total. The van der Waals surface area contributed by atoms with Crippen LogP contribution in [0.5, 0.6) is 0 Å². The highest BCUT2D eigenvalue weighted by molar-refractivity contribution is 9.10. The van der Waals surface area contributed by atoms with Crippen molar-refractivity contribution in [2.75, 3.05) is 0 Å². The van der Waals surface area contributed by atoms with Crippen LogP contribution in [-0.4, -0.2) is 9.38 Å². The number of pyridine rings is 1. The van der Waals surface area contributed by atoms with Crippen molar-refractivity contribution in [3.05, 3.63) is 34.2 Å². The van der Waals surface area contributed by atoms with E-state index >= 15 is 0 Å². The Morgan fingerprint density at radius 1 is 1.24 bits per heavy atom. The number of nitrogens with zero attached hydrogens (tertiary/aromatic N) is 2. The second-order valence-corrected chi connectivity index (χ2v) is 4.10. The summed E-state index contributed by atoms with van der Waals surface area (Å²) in [4.78, 5) is 3.84. The Morgan fingerprint density at radius 2 is 1.82 bits per heavy atom. The minimum Gasteiger partial charge on any atom is -0.305 e. The first kappa shape index (κ1) is 14.0. The number of fused-ring (bicyclic) bond motifs is 1. The summed E-state index contributed by atoms with van der Waals surface area (Å²) in [5.74, 6) is 0. The van der Waals surface area contributed by atoms with Crippen molar-refractivity contribution in [1.82, 2.24) is 9.38 Å². The lowest BCUT2D eigenvalue weighted by atomic mass is 10.2. The van der Waals surface area contributed by atoms with E-state index < -0.39 is 11.7 Å². The third-order valence-corrected chi connectivity index (χ3v) is 2.38. The lowest BCUT2D eigenvalue weighted by Crippen LogP contribution is -2.07. The largest absolute Gasteiger partial charge is 0.420 e. The molecule has 0 aliphatic heterocycles. The summed E-state index contributed by atoms with van der Waals surface area (Å²) < 4.78 is 39.6. The van der Waals surface area contributed by atoms with E-state index in [9.17, 15) is 13.2 Å². The SMILES string of the molecule is CC.Cc1cn2cc(Br)cc(C(F)(F)F)c2n1. The Balaban J connectivity index is 0.000000686. The van der Waals surface area contributed by atoms with Crippen molar-refractivity contribution < 1.29 is 13.2 Å². The Kier molecular flexibility index (Phi) is 4.19. The van der Waals surface area contributed by atoms with Gasteiger partial charge in [0.1, 0.15) is 5.65 Å². The molecule has 2 aromatic rings. The summed E-state index contributed by atoms with van der Waals surface area (Å²) in [6.45, 7) is 5.65. The van der Waals surface area contributed by atoms with Crippen LogP contribution in [0.1, 0.15) is 25.1 Å².